The minimum Gasteiger partial charge on any atom is -0.460 e. The molecular formula is C10H13F3O4. The van der Waals surface area contributed by atoms with Crippen LogP contribution < -0.4 is 0 Å². The zero-order valence-electron chi connectivity index (χ0n) is 9.25. The Kier molecular flexibility index (Phi) is 6.48. The summed E-state index contributed by atoms with van der Waals surface area (Å²) in [4.78, 5) is 21.8. The van der Waals surface area contributed by atoms with E-state index in [9.17, 15) is 22.8 Å². The minimum absolute atomic E-state index is 0.0278. The molecule has 0 bridgehead atoms. The first-order valence-electron chi connectivity index (χ1n) is 4.82. The van der Waals surface area contributed by atoms with Gasteiger partial charge in [0.15, 0.2) is 6.10 Å². The van der Waals surface area contributed by atoms with Crippen LogP contribution in [0.1, 0.15) is 13.3 Å². The molecule has 0 amide bonds. The van der Waals surface area contributed by atoms with Gasteiger partial charge >= 0.3 is 12.1 Å². The Morgan fingerprint density at radius 2 is 2.00 bits per heavy atom. The van der Waals surface area contributed by atoms with Gasteiger partial charge in [-0.05, 0) is 6.92 Å². The highest BCUT2D eigenvalue weighted by Crippen LogP contribution is 2.25. The Balaban J connectivity index is 4.26. The van der Waals surface area contributed by atoms with Crippen LogP contribution in [0.4, 0.5) is 13.2 Å². The van der Waals surface area contributed by atoms with Crippen LogP contribution in [0.25, 0.3) is 0 Å². The highest BCUT2D eigenvalue weighted by atomic mass is 19.4. The topological polar surface area (TPSA) is 52.6 Å². The predicted octanol–water partition coefficient (Wildman–Crippen LogP) is 1.64. The van der Waals surface area contributed by atoms with E-state index in [4.69, 9.17) is 0 Å². The van der Waals surface area contributed by atoms with Crippen LogP contribution >= 0.6 is 0 Å². The van der Waals surface area contributed by atoms with Gasteiger partial charge in [-0.2, -0.15) is 13.2 Å². The molecule has 0 heterocycles. The number of carbonyl (C=O) groups is 2. The molecule has 17 heavy (non-hydrogen) atoms. The Hall–Kier alpha value is -1.37. The molecule has 1 atom stereocenters. The van der Waals surface area contributed by atoms with E-state index in [1.54, 1.807) is 0 Å². The van der Waals surface area contributed by atoms with E-state index < -0.39 is 37.1 Å². The van der Waals surface area contributed by atoms with Gasteiger partial charge in [0.1, 0.15) is 6.61 Å². The van der Waals surface area contributed by atoms with Crippen molar-refractivity contribution < 1.29 is 32.2 Å². The molecule has 98 valence electrons. The third-order valence-electron chi connectivity index (χ3n) is 1.66. The molecule has 0 aromatic heterocycles. The first kappa shape index (κ1) is 15.6. The van der Waals surface area contributed by atoms with Crippen molar-refractivity contribution in [1.82, 2.24) is 0 Å². The second-order valence-electron chi connectivity index (χ2n) is 3.01. The number of hydrogen-bond acceptors (Lipinski definition) is 4. The van der Waals surface area contributed by atoms with Crippen LogP contribution in [0, 0.1) is 0 Å². The highest BCUT2D eigenvalue weighted by molar-refractivity contribution is 6.34. The molecule has 0 radical (unpaired) electrons. The predicted molar refractivity (Wildman–Crippen MR) is 52.2 cm³/mol. The van der Waals surface area contributed by atoms with Crippen LogP contribution in [-0.4, -0.2) is 37.2 Å². The lowest BCUT2D eigenvalue weighted by Crippen LogP contribution is -2.34. The molecule has 0 aromatic carbocycles. The van der Waals surface area contributed by atoms with Crippen molar-refractivity contribution in [2.45, 2.75) is 25.6 Å². The number of Topliss-reactive ketones (excluding diaryl/α,β-unsaturated/α-hetero) is 1. The summed E-state index contributed by atoms with van der Waals surface area (Å²) in [5.74, 6) is -2.35. The number of halogens is 3. The first-order valence-corrected chi connectivity index (χ1v) is 4.82. The fourth-order valence-electron chi connectivity index (χ4n) is 0.894. The third kappa shape index (κ3) is 6.06. The van der Waals surface area contributed by atoms with Crippen LogP contribution in [-0.2, 0) is 19.1 Å². The van der Waals surface area contributed by atoms with Crippen LogP contribution in [0.15, 0.2) is 12.7 Å². The molecule has 0 aliphatic carbocycles. The van der Waals surface area contributed by atoms with Gasteiger partial charge in [-0.15, -0.1) is 6.58 Å². The number of hydrogen-bond donors (Lipinski definition) is 0. The van der Waals surface area contributed by atoms with Gasteiger partial charge in [-0.25, -0.2) is 4.79 Å². The standard InChI is InChI=1S/C10H13F3O4/c1-3-5-8(10(11,12)13)17-6-7(14)9(15)16-4-2/h3,8H,1,4-6H2,2H3. The average Bonchev–Trinajstić information content (AvgIpc) is 2.22. The summed E-state index contributed by atoms with van der Waals surface area (Å²) in [5, 5.41) is 0. The molecular weight excluding hydrogens is 241 g/mol. The second kappa shape index (κ2) is 7.05. The quantitative estimate of drug-likeness (QED) is 0.394. The van der Waals surface area contributed by atoms with E-state index >= 15 is 0 Å². The van der Waals surface area contributed by atoms with Gasteiger partial charge < -0.3 is 9.47 Å². The molecule has 0 aliphatic heterocycles. The van der Waals surface area contributed by atoms with Gasteiger partial charge in [0.25, 0.3) is 5.78 Å². The van der Waals surface area contributed by atoms with Gasteiger partial charge in [-0.3, -0.25) is 4.79 Å². The van der Waals surface area contributed by atoms with Gasteiger partial charge in [0.05, 0.1) is 6.61 Å². The molecule has 0 saturated heterocycles. The molecule has 1 unspecified atom stereocenters. The van der Waals surface area contributed by atoms with Crippen LogP contribution in [0.5, 0.6) is 0 Å². The van der Waals surface area contributed by atoms with E-state index in [2.05, 4.69) is 16.1 Å². The molecule has 0 N–H and O–H groups in total. The maximum atomic E-state index is 12.3. The van der Waals surface area contributed by atoms with Crippen LogP contribution in [0.2, 0.25) is 0 Å². The van der Waals surface area contributed by atoms with Crippen molar-refractivity contribution in [1.29, 1.82) is 0 Å². The number of ether oxygens (including phenoxy) is 2. The van der Waals surface area contributed by atoms with E-state index in [1.807, 2.05) is 0 Å². The fraction of sp³-hybridized carbons (Fsp3) is 0.600. The Morgan fingerprint density at radius 3 is 2.41 bits per heavy atom. The zero-order valence-corrected chi connectivity index (χ0v) is 9.25. The third-order valence-corrected chi connectivity index (χ3v) is 1.66. The normalized spacial score (nSPS) is 12.9. The smallest absolute Gasteiger partial charge is 0.414 e. The molecule has 0 aromatic rings. The largest absolute Gasteiger partial charge is 0.460 e. The maximum absolute atomic E-state index is 12.3. The van der Waals surface area contributed by atoms with E-state index in [1.165, 1.54) is 6.92 Å². The SMILES string of the molecule is C=CCC(OCC(=O)C(=O)OCC)C(F)(F)F. The maximum Gasteiger partial charge on any atom is 0.414 e. The summed E-state index contributed by atoms with van der Waals surface area (Å²) < 4.78 is 45.6. The number of alkyl halides is 3. The average molecular weight is 254 g/mol. The van der Waals surface area contributed by atoms with Crippen molar-refractivity contribution >= 4 is 11.8 Å². The molecule has 0 aliphatic rings. The summed E-state index contributed by atoms with van der Waals surface area (Å²) in [6, 6.07) is 0. The summed E-state index contributed by atoms with van der Waals surface area (Å²) in [6.07, 6.45) is -6.21. The summed E-state index contributed by atoms with van der Waals surface area (Å²) in [5.41, 5.74) is 0. The number of carbonyl (C=O) groups excluding carboxylic acids is 2. The van der Waals surface area contributed by atoms with Crippen molar-refractivity contribution in [3.63, 3.8) is 0 Å². The summed E-state index contributed by atoms with van der Waals surface area (Å²) >= 11 is 0. The molecule has 0 saturated carbocycles. The Morgan fingerprint density at radius 1 is 1.41 bits per heavy atom. The van der Waals surface area contributed by atoms with Gasteiger partial charge in [0, 0.05) is 6.42 Å². The molecule has 7 heteroatoms. The Labute approximate surface area is 96.4 Å². The van der Waals surface area contributed by atoms with E-state index in [0.717, 1.165) is 6.08 Å². The first-order chi connectivity index (χ1) is 7.82. The zero-order chi connectivity index (χ0) is 13.5. The summed E-state index contributed by atoms with van der Waals surface area (Å²) in [6.45, 7) is 3.63. The monoisotopic (exact) mass is 254 g/mol. The molecule has 0 fully saturated rings. The molecule has 4 nitrogen and oxygen atoms in total. The fourth-order valence-corrected chi connectivity index (χ4v) is 0.894. The number of rotatable bonds is 7. The van der Waals surface area contributed by atoms with Crippen molar-refractivity contribution in [2.24, 2.45) is 0 Å². The number of ketones is 1. The molecule has 0 rings (SSSR count). The van der Waals surface area contributed by atoms with E-state index in [0.29, 0.717) is 0 Å². The lowest BCUT2D eigenvalue weighted by atomic mass is 10.2. The summed E-state index contributed by atoms with van der Waals surface area (Å²) in [7, 11) is 0. The lowest BCUT2D eigenvalue weighted by Gasteiger charge is -2.18. The van der Waals surface area contributed by atoms with Crippen molar-refractivity contribution in [3.8, 4) is 0 Å². The minimum atomic E-state index is -4.61. The number of esters is 1. The lowest BCUT2D eigenvalue weighted by molar-refractivity contribution is -0.218. The molecule has 0 spiro atoms. The van der Waals surface area contributed by atoms with Crippen molar-refractivity contribution in [3.05, 3.63) is 12.7 Å². The Bertz CT molecular complexity index is 286. The van der Waals surface area contributed by atoms with Crippen LogP contribution in [0.3, 0.4) is 0 Å². The highest BCUT2D eigenvalue weighted by Gasteiger charge is 2.40. The van der Waals surface area contributed by atoms with Gasteiger partial charge in [0.2, 0.25) is 0 Å². The van der Waals surface area contributed by atoms with Gasteiger partial charge in [-0.1, -0.05) is 6.08 Å². The second-order valence-corrected chi connectivity index (χ2v) is 3.01. The van der Waals surface area contributed by atoms with E-state index in [-0.39, 0.29) is 6.61 Å². The van der Waals surface area contributed by atoms with Crippen molar-refractivity contribution in [2.75, 3.05) is 13.2 Å².